The fraction of sp³-hybridized carbons (Fsp3) is 0.638. The Hall–Kier alpha value is -7.05. The standard InChI is InChI=1S/C69H104BrN7O20/c1-15-42(8)55(51(92-13)36-52(79)77-30-20-25-50(77)59(93-14)44(10)62(83)72-49(66(87)88)35-45-23-17-16-18-24-45)75(11)65(86)53(38(2)3)73-64(85)54(39(4)5)76(12)69(91)94-37-46-33-47(60(48(70)34-46)96-68-58(82)56(80)57(81)61(97-68)67(89)90)63(84)71-29-32-95-74-43(9)27-26-40(6)21-19-22-41(7)28-31-78/h16-18,21,23-24,28,33-34,38-39,42,44,49-51,53-59,61,68,78,80-82H,15,19-20,22,25-27,29-32,35-37H2,1-14H3,(H,71,84)(H,72,83)(H,73,85)(H,87,88)(H,89,90)/b40-21+,41-28+,74-43+/t42?,44-,49?,50+,51-,53+,54+,55+,56+,57+,58?,59-,61+,68-/m1/s1. The zero-order valence-electron chi connectivity index (χ0n) is 58.4. The second-order valence-electron chi connectivity index (χ2n) is 25.8. The van der Waals surface area contributed by atoms with Crippen LogP contribution in [0.3, 0.4) is 0 Å². The highest BCUT2D eigenvalue weighted by Gasteiger charge is 2.49. The van der Waals surface area contributed by atoms with E-state index < -0.39 is 139 Å². The normalized spacial score (nSPS) is 20.9. The van der Waals surface area contributed by atoms with Crippen LogP contribution in [0.25, 0.3) is 0 Å². The summed E-state index contributed by atoms with van der Waals surface area (Å²) >= 11 is 3.37. The van der Waals surface area contributed by atoms with Gasteiger partial charge in [-0.3, -0.25) is 28.9 Å². The fourth-order valence-electron chi connectivity index (χ4n) is 12.0. The molecule has 0 saturated carbocycles. The van der Waals surface area contributed by atoms with Gasteiger partial charge in [-0.25, -0.2) is 14.4 Å². The minimum atomic E-state index is -2.03. The Labute approximate surface area is 577 Å². The van der Waals surface area contributed by atoms with Gasteiger partial charge in [-0.1, -0.05) is 114 Å². The van der Waals surface area contributed by atoms with Crippen molar-refractivity contribution in [1.82, 2.24) is 30.7 Å². The van der Waals surface area contributed by atoms with Gasteiger partial charge >= 0.3 is 18.0 Å². The number of carboxylic acid groups (broad SMARTS) is 2. The maximum Gasteiger partial charge on any atom is 0.410 e. The quantitative estimate of drug-likeness (QED) is 0.0167. The molecule has 2 heterocycles. The number of aliphatic carboxylic acids is 2. The number of hydrogen-bond donors (Lipinski definition) is 9. The van der Waals surface area contributed by atoms with Crippen LogP contribution in [0.15, 0.2) is 75.4 Å². The van der Waals surface area contributed by atoms with Crippen LogP contribution < -0.4 is 20.7 Å². The molecule has 2 aromatic rings. The summed E-state index contributed by atoms with van der Waals surface area (Å²) < 4.78 is 29.0. The summed E-state index contributed by atoms with van der Waals surface area (Å²) in [6, 6.07) is 6.82. The lowest BCUT2D eigenvalue weighted by Crippen LogP contribution is -2.61. The van der Waals surface area contributed by atoms with E-state index in [1.165, 1.54) is 43.9 Å². The number of allylic oxidation sites excluding steroid dienone is 3. The van der Waals surface area contributed by atoms with Crippen molar-refractivity contribution in [2.45, 2.75) is 207 Å². The summed E-state index contributed by atoms with van der Waals surface area (Å²) in [4.78, 5) is 120. The van der Waals surface area contributed by atoms with E-state index in [4.69, 9.17) is 33.6 Å². The summed E-state index contributed by atoms with van der Waals surface area (Å²) in [5, 5.41) is 73.0. The number of carboxylic acids is 2. The van der Waals surface area contributed by atoms with E-state index in [0.29, 0.717) is 37.9 Å². The molecule has 27 nitrogen and oxygen atoms in total. The molecule has 2 aliphatic heterocycles. The van der Waals surface area contributed by atoms with E-state index in [9.17, 15) is 63.9 Å². The van der Waals surface area contributed by atoms with Gasteiger partial charge in [0.1, 0.15) is 55.4 Å². The van der Waals surface area contributed by atoms with E-state index >= 15 is 0 Å². The van der Waals surface area contributed by atoms with Gasteiger partial charge in [0.15, 0.2) is 6.10 Å². The topological polar surface area (TPSA) is 371 Å². The number of methoxy groups -OCH3 is 2. The van der Waals surface area contributed by atoms with Crippen molar-refractivity contribution >= 4 is 69.2 Å². The van der Waals surface area contributed by atoms with Crippen LogP contribution in [0.2, 0.25) is 0 Å². The Kier molecular flexibility index (Phi) is 34.1. The van der Waals surface area contributed by atoms with Gasteiger partial charge in [-0.2, -0.15) is 0 Å². The third-order valence-electron chi connectivity index (χ3n) is 17.8. The van der Waals surface area contributed by atoms with E-state index in [2.05, 4.69) is 43.1 Å². The fourth-order valence-corrected chi connectivity index (χ4v) is 12.6. The minimum absolute atomic E-state index is 0.00148. The Balaban J connectivity index is 1.50. The molecule has 2 fully saturated rings. The smallest absolute Gasteiger partial charge is 0.410 e. The molecule has 0 radical (unpaired) electrons. The van der Waals surface area contributed by atoms with Crippen molar-refractivity contribution in [1.29, 1.82) is 0 Å². The average molecular weight is 1430 g/mol. The molecule has 0 spiro atoms. The van der Waals surface area contributed by atoms with E-state index in [1.54, 1.807) is 83.8 Å². The summed E-state index contributed by atoms with van der Waals surface area (Å²) in [7, 11) is 5.84. The Morgan fingerprint density at radius 2 is 1.49 bits per heavy atom. The summed E-state index contributed by atoms with van der Waals surface area (Å²) in [5.41, 5.74) is 3.65. The Morgan fingerprint density at radius 3 is 2.09 bits per heavy atom. The highest BCUT2D eigenvalue weighted by atomic mass is 79.9. The Morgan fingerprint density at radius 1 is 0.825 bits per heavy atom. The number of benzene rings is 2. The number of nitrogens with zero attached hydrogens (tertiary/aromatic N) is 4. The van der Waals surface area contributed by atoms with Gasteiger partial charge in [-0.05, 0) is 116 Å². The molecule has 2 saturated heterocycles. The van der Waals surface area contributed by atoms with Crippen LogP contribution in [0.1, 0.15) is 142 Å². The number of oxime groups is 1. The first-order valence-electron chi connectivity index (χ1n) is 33.0. The molecule has 2 aromatic carbocycles. The third kappa shape index (κ3) is 23.8. The van der Waals surface area contributed by atoms with Crippen LogP contribution >= 0.6 is 15.9 Å². The van der Waals surface area contributed by atoms with Gasteiger partial charge in [0.05, 0.1) is 65.5 Å². The zero-order chi connectivity index (χ0) is 72.5. The SMILES string of the molecule is CCC(C)[C@@H]([C@@H](CC(=O)N1CCC[C@H]1[C@H](OC)[C@@H](C)C(=O)NC(Cc1ccccc1)C(=O)O)OC)N(C)C(=O)[C@@H](NC(=O)[C@H](C(C)C)N(C)C(=O)OCc1cc(Br)c(O[C@@H]2O[C@H](C(=O)O)[C@@H](O)[C@H](O)C2O)c(C(=O)NCCO/N=C(\C)CC/C(C)=C/CC/C(C)=C/CO)c1)C(C)C. The zero-order valence-corrected chi connectivity index (χ0v) is 60.0. The predicted octanol–water partition coefficient (Wildman–Crippen LogP) is 5.75. The Bertz CT molecular complexity index is 3040. The van der Waals surface area contributed by atoms with Crippen molar-refractivity contribution in [3.63, 3.8) is 0 Å². The summed E-state index contributed by atoms with van der Waals surface area (Å²) in [6.45, 7) is 17.9. The first-order chi connectivity index (χ1) is 45.8. The molecule has 0 aromatic heterocycles. The largest absolute Gasteiger partial charge is 0.480 e. The molecular formula is C69H104BrN7O20. The highest BCUT2D eigenvalue weighted by molar-refractivity contribution is 9.10. The van der Waals surface area contributed by atoms with Gasteiger partial charge < -0.3 is 84.9 Å². The molecule has 0 aliphatic carbocycles. The monoisotopic (exact) mass is 1430 g/mol. The summed E-state index contributed by atoms with van der Waals surface area (Å²) in [6.07, 6.45) is -4.13. The average Bonchev–Trinajstić information content (AvgIpc) is 1.48. The first kappa shape index (κ1) is 82.4. The molecule has 4 rings (SSSR count). The number of aliphatic hydroxyl groups is 4. The molecule has 6 amide bonds. The molecule has 0 bridgehead atoms. The molecule has 9 N–H and O–H groups in total. The second kappa shape index (κ2) is 40.1. The molecular weight excluding hydrogens is 1330 g/mol. The first-order valence-corrected chi connectivity index (χ1v) is 33.8. The van der Waals surface area contributed by atoms with Crippen molar-refractivity contribution in [2.24, 2.45) is 28.8 Å². The number of likely N-dealkylation sites (tertiary alicyclic amines) is 1. The minimum Gasteiger partial charge on any atom is -0.480 e. The molecule has 97 heavy (non-hydrogen) atoms. The number of aliphatic hydroxyl groups excluding tert-OH is 4. The molecule has 2 aliphatic rings. The molecule has 28 heteroatoms. The number of carbonyl (C=O) groups is 8. The number of hydrogen-bond acceptors (Lipinski definition) is 19. The molecule has 3 unspecified atom stereocenters. The van der Waals surface area contributed by atoms with Crippen molar-refractivity contribution in [3.05, 3.63) is 86.9 Å². The van der Waals surface area contributed by atoms with Crippen LogP contribution in [0.4, 0.5) is 4.79 Å². The van der Waals surface area contributed by atoms with Gasteiger partial charge in [0.25, 0.3) is 5.91 Å². The lowest BCUT2D eigenvalue weighted by Gasteiger charge is -2.41. The van der Waals surface area contributed by atoms with E-state index in [0.717, 1.165) is 35.3 Å². The lowest BCUT2D eigenvalue weighted by atomic mass is 9.89. The van der Waals surface area contributed by atoms with E-state index in [1.807, 2.05) is 33.8 Å². The summed E-state index contributed by atoms with van der Waals surface area (Å²) in [5.74, 6) is -8.11. The number of nitrogens with one attached hydrogen (secondary N) is 3. The predicted molar refractivity (Wildman–Crippen MR) is 363 cm³/mol. The number of carbonyl (C=O) groups excluding carboxylic acids is 6. The van der Waals surface area contributed by atoms with E-state index in [-0.39, 0.29) is 65.8 Å². The number of ether oxygens (including phenoxy) is 5. The van der Waals surface area contributed by atoms with Crippen molar-refractivity contribution < 1.29 is 97.5 Å². The van der Waals surface area contributed by atoms with Crippen LogP contribution in [-0.2, 0) is 65.6 Å². The maximum atomic E-state index is 14.9. The van der Waals surface area contributed by atoms with Gasteiger partial charge in [0.2, 0.25) is 29.9 Å². The van der Waals surface area contributed by atoms with Gasteiger partial charge in [0, 0.05) is 41.3 Å². The highest BCUT2D eigenvalue weighted by Crippen LogP contribution is 2.36. The van der Waals surface area contributed by atoms with Crippen molar-refractivity contribution in [3.8, 4) is 5.75 Å². The van der Waals surface area contributed by atoms with Crippen LogP contribution in [0, 0.1) is 23.7 Å². The second-order valence-corrected chi connectivity index (χ2v) is 26.7. The van der Waals surface area contributed by atoms with Gasteiger partial charge in [-0.15, -0.1) is 0 Å². The maximum absolute atomic E-state index is 14.9. The van der Waals surface area contributed by atoms with Crippen LogP contribution in [-0.4, -0.2) is 226 Å². The number of amides is 6. The lowest BCUT2D eigenvalue weighted by molar-refractivity contribution is -0.271. The molecule has 14 atom stereocenters. The molecule has 542 valence electrons. The van der Waals surface area contributed by atoms with Crippen LogP contribution in [0.5, 0.6) is 5.75 Å². The number of likely N-dealkylation sites (N-methyl/N-ethyl adjacent to an activating group) is 2. The van der Waals surface area contributed by atoms with Crippen molar-refractivity contribution in [2.75, 3.05) is 54.6 Å². The number of halogens is 1. The third-order valence-corrected chi connectivity index (χ3v) is 18.4. The number of rotatable bonds is 38.